The van der Waals surface area contributed by atoms with Gasteiger partial charge in [-0.15, -0.1) is 0 Å². The lowest BCUT2D eigenvalue weighted by atomic mass is 9.97. The maximum absolute atomic E-state index is 11.9. The number of carbonyl (C=O) groups is 1. The highest BCUT2D eigenvalue weighted by molar-refractivity contribution is 5.78. The van der Waals surface area contributed by atoms with Crippen molar-refractivity contribution in [2.75, 3.05) is 26.2 Å². The first-order chi connectivity index (χ1) is 10.3. The molecule has 1 heterocycles. The summed E-state index contributed by atoms with van der Waals surface area (Å²) in [5, 5.41) is 6.29. The average molecular weight is 290 g/mol. The summed E-state index contributed by atoms with van der Waals surface area (Å²) in [4.78, 5) is 11.9. The largest absolute Gasteiger partial charge is 0.374 e. The van der Waals surface area contributed by atoms with Crippen molar-refractivity contribution in [1.29, 1.82) is 0 Å². The molecule has 1 fully saturated rings. The topological polar surface area (TPSA) is 50.4 Å². The molecule has 1 atom stereocenters. The molecule has 0 spiro atoms. The zero-order valence-corrected chi connectivity index (χ0v) is 12.8. The highest BCUT2D eigenvalue weighted by atomic mass is 16.5. The third kappa shape index (κ3) is 5.48. The van der Waals surface area contributed by atoms with E-state index in [2.05, 4.69) is 29.7 Å². The quantitative estimate of drug-likeness (QED) is 0.757. The van der Waals surface area contributed by atoms with E-state index in [9.17, 15) is 4.79 Å². The molecule has 4 nitrogen and oxygen atoms in total. The van der Waals surface area contributed by atoms with Gasteiger partial charge in [-0.2, -0.15) is 0 Å². The first kappa shape index (κ1) is 16.0. The van der Waals surface area contributed by atoms with Gasteiger partial charge in [0.2, 0.25) is 5.91 Å². The van der Waals surface area contributed by atoms with Crippen molar-refractivity contribution in [3.8, 4) is 0 Å². The molecule has 1 unspecified atom stereocenters. The van der Waals surface area contributed by atoms with Crippen LogP contribution in [0.25, 0.3) is 0 Å². The number of piperidine rings is 1. The fourth-order valence-corrected chi connectivity index (χ4v) is 2.59. The van der Waals surface area contributed by atoms with Gasteiger partial charge in [-0.25, -0.2) is 0 Å². The molecule has 0 radical (unpaired) electrons. The minimum Gasteiger partial charge on any atom is -0.374 e. The van der Waals surface area contributed by atoms with Crippen molar-refractivity contribution >= 4 is 5.91 Å². The SMILES string of the molecule is CC(OCCCNC(=O)C1CCNCC1)c1ccccc1. The Balaban J connectivity index is 1.56. The van der Waals surface area contributed by atoms with Crippen LogP contribution >= 0.6 is 0 Å². The van der Waals surface area contributed by atoms with Crippen molar-refractivity contribution in [3.05, 3.63) is 35.9 Å². The third-order valence-corrected chi connectivity index (χ3v) is 3.97. The van der Waals surface area contributed by atoms with Gasteiger partial charge in [0, 0.05) is 19.1 Å². The number of benzene rings is 1. The van der Waals surface area contributed by atoms with Crippen molar-refractivity contribution in [2.24, 2.45) is 5.92 Å². The van der Waals surface area contributed by atoms with Crippen LogP contribution in [0, 0.1) is 5.92 Å². The maximum atomic E-state index is 11.9. The summed E-state index contributed by atoms with van der Waals surface area (Å²) in [5.41, 5.74) is 1.19. The second kappa shape index (κ2) is 8.80. The lowest BCUT2D eigenvalue weighted by molar-refractivity contribution is -0.125. The Morgan fingerprint density at radius 2 is 2.05 bits per heavy atom. The second-order valence-corrected chi connectivity index (χ2v) is 5.59. The zero-order chi connectivity index (χ0) is 14.9. The molecule has 2 N–H and O–H groups in total. The molecule has 0 aliphatic carbocycles. The third-order valence-electron chi connectivity index (χ3n) is 3.97. The molecule has 1 aromatic rings. The Bertz CT molecular complexity index is 416. The smallest absolute Gasteiger partial charge is 0.223 e. The Kier molecular flexibility index (Phi) is 6.70. The van der Waals surface area contributed by atoms with Crippen LogP contribution in [-0.2, 0) is 9.53 Å². The summed E-state index contributed by atoms with van der Waals surface area (Å²) in [7, 11) is 0. The molecule has 1 aliphatic rings. The van der Waals surface area contributed by atoms with Gasteiger partial charge in [0.15, 0.2) is 0 Å². The Morgan fingerprint density at radius 1 is 1.33 bits per heavy atom. The van der Waals surface area contributed by atoms with Gasteiger partial charge in [0.25, 0.3) is 0 Å². The van der Waals surface area contributed by atoms with Crippen LogP contribution in [0.5, 0.6) is 0 Å². The van der Waals surface area contributed by atoms with E-state index in [0.29, 0.717) is 13.2 Å². The predicted molar refractivity (Wildman–Crippen MR) is 84.0 cm³/mol. The molecular weight excluding hydrogens is 264 g/mol. The van der Waals surface area contributed by atoms with E-state index in [1.54, 1.807) is 0 Å². The summed E-state index contributed by atoms with van der Waals surface area (Å²) < 4.78 is 5.79. The van der Waals surface area contributed by atoms with E-state index in [-0.39, 0.29) is 17.9 Å². The molecule has 0 bridgehead atoms. The molecule has 0 aromatic heterocycles. The molecule has 0 saturated carbocycles. The zero-order valence-electron chi connectivity index (χ0n) is 12.8. The van der Waals surface area contributed by atoms with Gasteiger partial charge in [-0.3, -0.25) is 4.79 Å². The van der Waals surface area contributed by atoms with E-state index in [1.807, 2.05) is 18.2 Å². The Labute approximate surface area is 127 Å². The average Bonchev–Trinajstić information content (AvgIpc) is 2.55. The standard InChI is InChI=1S/C17H26N2O2/c1-14(15-6-3-2-4-7-15)21-13-5-10-19-17(20)16-8-11-18-12-9-16/h2-4,6-7,14,16,18H,5,8-13H2,1H3,(H,19,20). The summed E-state index contributed by atoms with van der Waals surface area (Å²) >= 11 is 0. The fourth-order valence-electron chi connectivity index (χ4n) is 2.59. The predicted octanol–water partition coefficient (Wildman–Crippen LogP) is 2.27. The van der Waals surface area contributed by atoms with Crippen molar-refractivity contribution < 1.29 is 9.53 Å². The van der Waals surface area contributed by atoms with E-state index in [1.165, 1.54) is 5.56 Å². The van der Waals surface area contributed by atoms with Crippen LogP contribution in [0.3, 0.4) is 0 Å². The van der Waals surface area contributed by atoms with Crippen molar-refractivity contribution in [2.45, 2.75) is 32.3 Å². The number of hydrogen-bond donors (Lipinski definition) is 2. The Morgan fingerprint density at radius 3 is 2.76 bits per heavy atom. The van der Waals surface area contributed by atoms with Crippen LogP contribution in [0.2, 0.25) is 0 Å². The van der Waals surface area contributed by atoms with Crippen LogP contribution in [0.4, 0.5) is 0 Å². The van der Waals surface area contributed by atoms with Crippen LogP contribution < -0.4 is 10.6 Å². The van der Waals surface area contributed by atoms with E-state index in [0.717, 1.165) is 32.4 Å². The summed E-state index contributed by atoms with van der Waals surface area (Å²) in [6.45, 7) is 5.33. The molecule has 116 valence electrons. The summed E-state index contributed by atoms with van der Waals surface area (Å²) in [6, 6.07) is 10.2. The molecule has 2 rings (SSSR count). The lowest BCUT2D eigenvalue weighted by Crippen LogP contribution is -2.38. The van der Waals surface area contributed by atoms with Gasteiger partial charge in [0.05, 0.1) is 6.10 Å². The minimum absolute atomic E-state index is 0.103. The lowest BCUT2D eigenvalue weighted by Gasteiger charge is -2.21. The van der Waals surface area contributed by atoms with Crippen LogP contribution in [0.1, 0.15) is 37.9 Å². The van der Waals surface area contributed by atoms with E-state index < -0.39 is 0 Å². The Hall–Kier alpha value is -1.39. The molecule has 1 aromatic carbocycles. The number of ether oxygens (including phenoxy) is 1. The molecule has 21 heavy (non-hydrogen) atoms. The second-order valence-electron chi connectivity index (χ2n) is 5.59. The number of hydrogen-bond acceptors (Lipinski definition) is 3. The molecule has 1 aliphatic heterocycles. The first-order valence-electron chi connectivity index (χ1n) is 7.92. The molecule has 1 amide bonds. The van der Waals surface area contributed by atoms with Crippen molar-refractivity contribution in [1.82, 2.24) is 10.6 Å². The van der Waals surface area contributed by atoms with Crippen LogP contribution in [0.15, 0.2) is 30.3 Å². The monoisotopic (exact) mass is 290 g/mol. The summed E-state index contributed by atoms with van der Waals surface area (Å²) in [6.07, 6.45) is 2.86. The van der Waals surface area contributed by atoms with Gasteiger partial charge < -0.3 is 15.4 Å². The molecule has 4 heteroatoms. The highest BCUT2D eigenvalue weighted by Gasteiger charge is 2.20. The number of nitrogens with one attached hydrogen (secondary N) is 2. The normalized spacial score (nSPS) is 17.4. The van der Waals surface area contributed by atoms with Gasteiger partial charge in [0.1, 0.15) is 0 Å². The van der Waals surface area contributed by atoms with Gasteiger partial charge in [-0.1, -0.05) is 30.3 Å². The van der Waals surface area contributed by atoms with Crippen molar-refractivity contribution in [3.63, 3.8) is 0 Å². The van der Waals surface area contributed by atoms with Gasteiger partial charge >= 0.3 is 0 Å². The van der Waals surface area contributed by atoms with Gasteiger partial charge in [-0.05, 0) is 44.8 Å². The maximum Gasteiger partial charge on any atom is 0.223 e. The molecular formula is C17H26N2O2. The van der Waals surface area contributed by atoms with E-state index in [4.69, 9.17) is 4.74 Å². The number of rotatable bonds is 7. The van der Waals surface area contributed by atoms with E-state index >= 15 is 0 Å². The molecule has 1 saturated heterocycles. The summed E-state index contributed by atoms with van der Waals surface area (Å²) in [5.74, 6) is 0.392. The van der Waals surface area contributed by atoms with Crippen LogP contribution in [-0.4, -0.2) is 32.1 Å². The number of carbonyl (C=O) groups excluding carboxylic acids is 1. The first-order valence-corrected chi connectivity index (χ1v) is 7.92. The fraction of sp³-hybridized carbons (Fsp3) is 0.588. The minimum atomic E-state index is 0.103. The number of amides is 1. The highest BCUT2D eigenvalue weighted by Crippen LogP contribution is 2.15.